The average molecular weight is 420 g/mol. The monoisotopic (exact) mass is 419 g/mol. The van der Waals surface area contributed by atoms with Gasteiger partial charge in [-0.3, -0.25) is 19.1 Å². The number of aryl methyl sites for hydroxylation is 1. The standard InChI is InChI=1S/C24H29N5O2/c1-25-24(31)17-28-15-13-18(14-16-28)26-23(30)12-11-22-27-20-9-5-6-10-21(20)29(22)19-7-3-2-4-8-19/h2-10,18H,11-17H2,1H3,(H,25,31)(H,26,30). The molecule has 2 N–H and O–H groups in total. The van der Waals surface area contributed by atoms with Crippen molar-refractivity contribution in [2.75, 3.05) is 26.7 Å². The summed E-state index contributed by atoms with van der Waals surface area (Å²) in [5.74, 6) is 0.975. The van der Waals surface area contributed by atoms with Gasteiger partial charge in [-0.2, -0.15) is 0 Å². The number of carbonyl (C=O) groups excluding carboxylic acids is 2. The molecule has 1 aliphatic heterocycles. The Morgan fingerprint density at radius 2 is 1.71 bits per heavy atom. The maximum absolute atomic E-state index is 12.6. The predicted molar refractivity (Wildman–Crippen MR) is 121 cm³/mol. The summed E-state index contributed by atoms with van der Waals surface area (Å²) in [6.07, 6.45) is 2.70. The number of amides is 2. The van der Waals surface area contributed by atoms with Crippen LogP contribution in [0.2, 0.25) is 0 Å². The molecular formula is C24H29N5O2. The summed E-state index contributed by atoms with van der Waals surface area (Å²) >= 11 is 0. The molecule has 0 radical (unpaired) electrons. The van der Waals surface area contributed by atoms with E-state index in [2.05, 4.69) is 38.3 Å². The second-order valence-corrected chi connectivity index (χ2v) is 7.98. The second-order valence-electron chi connectivity index (χ2n) is 7.98. The van der Waals surface area contributed by atoms with Gasteiger partial charge in [0.2, 0.25) is 11.8 Å². The fraction of sp³-hybridized carbons (Fsp3) is 0.375. The molecule has 2 amide bonds. The first-order valence-corrected chi connectivity index (χ1v) is 10.9. The molecule has 1 aromatic heterocycles. The number of likely N-dealkylation sites (tertiary alicyclic amines) is 1. The van der Waals surface area contributed by atoms with Crippen LogP contribution in [0, 0.1) is 0 Å². The summed E-state index contributed by atoms with van der Waals surface area (Å²) in [5.41, 5.74) is 3.04. The van der Waals surface area contributed by atoms with E-state index in [-0.39, 0.29) is 17.9 Å². The molecule has 0 bridgehead atoms. The van der Waals surface area contributed by atoms with Crippen LogP contribution in [0.3, 0.4) is 0 Å². The Labute approximate surface area is 182 Å². The third-order valence-corrected chi connectivity index (χ3v) is 5.82. The Kier molecular flexibility index (Phi) is 6.62. The highest BCUT2D eigenvalue weighted by Crippen LogP contribution is 2.22. The number of likely N-dealkylation sites (N-methyl/N-ethyl adjacent to an activating group) is 1. The van der Waals surface area contributed by atoms with E-state index < -0.39 is 0 Å². The van der Waals surface area contributed by atoms with Crippen LogP contribution < -0.4 is 10.6 Å². The highest BCUT2D eigenvalue weighted by atomic mass is 16.2. The molecule has 7 nitrogen and oxygen atoms in total. The number of nitrogens with one attached hydrogen (secondary N) is 2. The number of benzene rings is 2. The van der Waals surface area contributed by atoms with E-state index in [4.69, 9.17) is 4.98 Å². The Bertz CT molecular complexity index is 1040. The summed E-state index contributed by atoms with van der Waals surface area (Å²) in [7, 11) is 1.65. The van der Waals surface area contributed by atoms with Crippen LogP contribution in [-0.2, 0) is 16.0 Å². The predicted octanol–water partition coefficient (Wildman–Crippen LogP) is 2.28. The Morgan fingerprint density at radius 1 is 1.00 bits per heavy atom. The van der Waals surface area contributed by atoms with Gasteiger partial charge in [-0.25, -0.2) is 4.98 Å². The molecule has 0 unspecified atom stereocenters. The minimum absolute atomic E-state index is 0.0313. The molecule has 3 aromatic rings. The number of fused-ring (bicyclic) bond motifs is 1. The average Bonchev–Trinajstić information content (AvgIpc) is 3.18. The summed E-state index contributed by atoms with van der Waals surface area (Å²) in [6.45, 7) is 2.07. The van der Waals surface area contributed by atoms with E-state index in [1.54, 1.807) is 7.05 Å². The maximum Gasteiger partial charge on any atom is 0.233 e. The van der Waals surface area contributed by atoms with Crippen LogP contribution >= 0.6 is 0 Å². The van der Waals surface area contributed by atoms with Crippen molar-refractivity contribution in [1.82, 2.24) is 25.1 Å². The molecule has 0 atom stereocenters. The lowest BCUT2D eigenvalue weighted by molar-refractivity contribution is -0.124. The number of hydrogen-bond acceptors (Lipinski definition) is 4. The van der Waals surface area contributed by atoms with Gasteiger partial charge in [0, 0.05) is 44.7 Å². The Balaban J connectivity index is 1.37. The largest absolute Gasteiger partial charge is 0.358 e. The number of nitrogens with zero attached hydrogens (tertiary/aromatic N) is 3. The van der Waals surface area contributed by atoms with Crippen LogP contribution in [0.4, 0.5) is 0 Å². The van der Waals surface area contributed by atoms with Crippen molar-refractivity contribution in [3.05, 3.63) is 60.4 Å². The molecule has 1 aliphatic rings. The van der Waals surface area contributed by atoms with Gasteiger partial charge in [-0.15, -0.1) is 0 Å². The molecular weight excluding hydrogens is 390 g/mol. The number of rotatable bonds is 7. The summed E-state index contributed by atoms with van der Waals surface area (Å²) < 4.78 is 2.14. The molecule has 4 rings (SSSR count). The van der Waals surface area contributed by atoms with Gasteiger partial charge in [0.05, 0.1) is 17.6 Å². The van der Waals surface area contributed by atoms with Crippen molar-refractivity contribution in [1.29, 1.82) is 0 Å². The van der Waals surface area contributed by atoms with Gasteiger partial charge < -0.3 is 10.6 Å². The third kappa shape index (κ3) is 5.11. The topological polar surface area (TPSA) is 79.3 Å². The highest BCUT2D eigenvalue weighted by Gasteiger charge is 2.22. The first-order chi connectivity index (χ1) is 15.1. The van der Waals surface area contributed by atoms with E-state index in [1.807, 2.05) is 36.4 Å². The van der Waals surface area contributed by atoms with Crippen molar-refractivity contribution >= 4 is 22.8 Å². The lowest BCUT2D eigenvalue weighted by atomic mass is 10.0. The van der Waals surface area contributed by atoms with Gasteiger partial charge >= 0.3 is 0 Å². The SMILES string of the molecule is CNC(=O)CN1CCC(NC(=O)CCc2nc3ccccc3n2-c2ccccc2)CC1. The lowest BCUT2D eigenvalue weighted by Gasteiger charge is -2.31. The van der Waals surface area contributed by atoms with Gasteiger partial charge in [0.15, 0.2) is 0 Å². The third-order valence-electron chi connectivity index (χ3n) is 5.82. The van der Waals surface area contributed by atoms with E-state index >= 15 is 0 Å². The molecule has 31 heavy (non-hydrogen) atoms. The molecule has 0 saturated carbocycles. The zero-order valence-corrected chi connectivity index (χ0v) is 17.9. The Morgan fingerprint density at radius 3 is 2.45 bits per heavy atom. The van der Waals surface area contributed by atoms with E-state index in [0.29, 0.717) is 19.4 Å². The first kappa shape index (κ1) is 21.1. The van der Waals surface area contributed by atoms with Crippen molar-refractivity contribution in [3.8, 4) is 5.69 Å². The van der Waals surface area contributed by atoms with Crippen LogP contribution in [0.5, 0.6) is 0 Å². The highest BCUT2D eigenvalue weighted by molar-refractivity contribution is 5.79. The lowest BCUT2D eigenvalue weighted by Crippen LogP contribution is -2.47. The molecule has 162 valence electrons. The van der Waals surface area contributed by atoms with Crippen LogP contribution in [0.15, 0.2) is 54.6 Å². The minimum atomic E-state index is 0.0313. The number of aromatic nitrogens is 2. The molecule has 2 heterocycles. The maximum atomic E-state index is 12.6. The fourth-order valence-electron chi connectivity index (χ4n) is 4.15. The molecule has 2 aromatic carbocycles. The summed E-state index contributed by atoms with van der Waals surface area (Å²) in [5, 5.41) is 5.82. The molecule has 1 saturated heterocycles. The quantitative estimate of drug-likeness (QED) is 0.616. The van der Waals surface area contributed by atoms with Crippen LogP contribution in [0.1, 0.15) is 25.1 Å². The number of para-hydroxylation sites is 3. The first-order valence-electron chi connectivity index (χ1n) is 10.9. The fourth-order valence-corrected chi connectivity index (χ4v) is 4.15. The number of carbonyl (C=O) groups is 2. The van der Waals surface area contributed by atoms with Gasteiger partial charge in [0.25, 0.3) is 0 Å². The van der Waals surface area contributed by atoms with E-state index in [0.717, 1.165) is 48.5 Å². The second kappa shape index (κ2) is 9.75. The number of hydrogen-bond donors (Lipinski definition) is 2. The summed E-state index contributed by atoms with van der Waals surface area (Å²) in [6, 6.07) is 18.4. The van der Waals surface area contributed by atoms with E-state index in [1.165, 1.54) is 0 Å². The van der Waals surface area contributed by atoms with Gasteiger partial charge in [-0.05, 0) is 37.1 Å². The van der Waals surface area contributed by atoms with E-state index in [9.17, 15) is 9.59 Å². The number of imidazole rings is 1. The smallest absolute Gasteiger partial charge is 0.233 e. The Hall–Kier alpha value is -3.19. The molecule has 7 heteroatoms. The zero-order chi connectivity index (χ0) is 21.6. The van der Waals surface area contributed by atoms with Crippen molar-refractivity contribution in [3.63, 3.8) is 0 Å². The minimum Gasteiger partial charge on any atom is -0.358 e. The van der Waals surface area contributed by atoms with Gasteiger partial charge in [0.1, 0.15) is 5.82 Å². The van der Waals surface area contributed by atoms with Crippen LogP contribution in [-0.4, -0.2) is 59.0 Å². The summed E-state index contributed by atoms with van der Waals surface area (Å²) in [4.78, 5) is 31.1. The zero-order valence-electron chi connectivity index (χ0n) is 17.9. The van der Waals surface area contributed by atoms with Crippen molar-refractivity contribution in [2.24, 2.45) is 0 Å². The molecule has 1 fully saturated rings. The van der Waals surface area contributed by atoms with Crippen molar-refractivity contribution in [2.45, 2.75) is 31.7 Å². The number of piperidine rings is 1. The normalized spacial score (nSPS) is 15.1. The molecule has 0 aliphatic carbocycles. The van der Waals surface area contributed by atoms with Gasteiger partial charge in [-0.1, -0.05) is 30.3 Å². The van der Waals surface area contributed by atoms with Crippen molar-refractivity contribution < 1.29 is 9.59 Å². The molecule has 0 spiro atoms. The van der Waals surface area contributed by atoms with Crippen LogP contribution in [0.25, 0.3) is 16.7 Å².